The van der Waals surface area contributed by atoms with Crippen molar-refractivity contribution in [2.24, 2.45) is 5.92 Å². The fourth-order valence-electron chi connectivity index (χ4n) is 2.85. The Labute approximate surface area is 102 Å². The van der Waals surface area contributed by atoms with Crippen molar-refractivity contribution < 1.29 is 0 Å². The lowest BCUT2D eigenvalue weighted by atomic mass is 9.91. The molecule has 1 unspecified atom stereocenters. The zero-order valence-electron chi connectivity index (χ0n) is 11.7. The van der Waals surface area contributed by atoms with Gasteiger partial charge in [-0.15, -0.1) is 0 Å². The van der Waals surface area contributed by atoms with Crippen molar-refractivity contribution in [1.29, 1.82) is 0 Å². The first-order valence-electron chi connectivity index (χ1n) is 7.01. The van der Waals surface area contributed by atoms with Crippen LogP contribution in [0, 0.1) is 5.92 Å². The molecular formula is C14H30N2. The summed E-state index contributed by atoms with van der Waals surface area (Å²) in [6.07, 6.45) is 6.67. The molecule has 2 nitrogen and oxygen atoms in total. The molecule has 96 valence electrons. The average Bonchev–Trinajstić information content (AvgIpc) is 2.64. The van der Waals surface area contributed by atoms with E-state index in [2.05, 4.69) is 38.0 Å². The molecule has 1 aliphatic rings. The molecule has 2 heteroatoms. The molecule has 0 aromatic rings. The Balaban J connectivity index is 2.36. The summed E-state index contributed by atoms with van der Waals surface area (Å²) in [5.41, 5.74) is 0.431. The van der Waals surface area contributed by atoms with Gasteiger partial charge in [0.25, 0.3) is 0 Å². The van der Waals surface area contributed by atoms with E-state index in [1.54, 1.807) is 0 Å². The van der Waals surface area contributed by atoms with Gasteiger partial charge in [-0.05, 0) is 51.7 Å². The zero-order valence-corrected chi connectivity index (χ0v) is 11.7. The van der Waals surface area contributed by atoms with Crippen molar-refractivity contribution >= 4 is 0 Å². The molecule has 1 saturated heterocycles. The Morgan fingerprint density at radius 3 is 2.62 bits per heavy atom. The fraction of sp³-hybridized carbons (Fsp3) is 1.00. The molecule has 0 bridgehead atoms. The van der Waals surface area contributed by atoms with Crippen molar-refractivity contribution in [3.63, 3.8) is 0 Å². The van der Waals surface area contributed by atoms with Crippen molar-refractivity contribution in [3.8, 4) is 0 Å². The molecule has 0 radical (unpaired) electrons. The Kier molecular flexibility index (Phi) is 5.77. The third-order valence-corrected chi connectivity index (χ3v) is 3.72. The van der Waals surface area contributed by atoms with Crippen molar-refractivity contribution in [3.05, 3.63) is 0 Å². The Hall–Kier alpha value is -0.0800. The first-order chi connectivity index (χ1) is 7.58. The maximum Gasteiger partial charge on any atom is 0.0309 e. The summed E-state index contributed by atoms with van der Waals surface area (Å²) < 4.78 is 0. The SMILES string of the molecule is CCCC1(CN(C)CCC(C)C)CCCN1. The number of rotatable bonds is 7. The second-order valence-electron chi connectivity index (χ2n) is 5.98. The molecule has 16 heavy (non-hydrogen) atoms. The fourth-order valence-corrected chi connectivity index (χ4v) is 2.85. The minimum absolute atomic E-state index is 0.431. The van der Waals surface area contributed by atoms with E-state index in [0.29, 0.717) is 5.54 Å². The van der Waals surface area contributed by atoms with Gasteiger partial charge in [0.2, 0.25) is 0 Å². The highest BCUT2D eigenvalue weighted by molar-refractivity contribution is 4.94. The van der Waals surface area contributed by atoms with Gasteiger partial charge in [0.05, 0.1) is 0 Å². The largest absolute Gasteiger partial charge is 0.310 e. The topological polar surface area (TPSA) is 15.3 Å². The van der Waals surface area contributed by atoms with E-state index in [1.165, 1.54) is 51.7 Å². The zero-order chi connectivity index (χ0) is 12.0. The van der Waals surface area contributed by atoms with E-state index in [-0.39, 0.29) is 0 Å². The van der Waals surface area contributed by atoms with Gasteiger partial charge in [-0.3, -0.25) is 0 Å². The molecule has 1 N–H and O–H groups in total. The van der Waals surface area contributed by atoms with Gasteiger partial charge in [-0.1, -0.05) is 27.2 Å². The molecule has 1 fully saturated rings. The predicted molar refractivity (Wildman–Crippen MR) is 71.8 cm³/mol. The Morgan fingerprint density at radius 1 is 1.38 bits per heavy atom. The second kappa shape index (κ2) is 6.61. The summed E-state index contributed by atoms with van der Waals surface area (Å²) in [6.45, 7) is 10.6. The van der Waals surface area contributed by atoms with Gasteiger partial charge in [0.1, 0.15) is 0 Å². The van der Waals surface area contributed by atoms with Crippen LogP contribution in [0.1, 0.15) is 52.9 Å². The number of nitrogens with zero attached hydrogens (tertiary/aromatic N) is 1. The van der Waals surface area contributed by atoms with Crippen LogP contribution in [0.15, 0.2) is 0 Å². The van der Waals surface area contributed by atoms with Crippen molar-refractivity contribution in [2.45, 2.75) is 58.4 Å². The molecule has 0 aliphatic carbocycles. The van der Waals surface area contributed by atoms with Crippen molar-refractivity contribution in [1.82, 2.24) is 10.2 Å². The standard InChI is InChI=1S/C14H30N2/c1-5-8-14(9-6-10-15-14)12-16(4)11-7-13(2)3/h13,15H,5-12H2,1-4H3. The molecule has 0 saturated carbocycles. The second-order valence-corrected chi connectivity index (χ2v) is 5.98. The predicted octanol–water partition coefficient (Wildman–Crippen LogP) is 2.89. The van der Waals surface area contributed by atoms with Crippen LogP contribution < -0.4 is 5.32 Å². The highest BCUT2D eigenvalue weighted by Crippen LogP contribution is 2.25. The molecule has 1 atom stereocenters. The maximum absolute atomic E-state index is 3.75. The highest BCUT2D eigenvalue weighted by atomic mass is 15.2. The molecule has 0 aromatic carbocycles. The van der Waals surface area contributed by atoms with Crippen LogP contribution >= 0.6 is 0 Å². The van der Waals surface area contributed by atoms with E-state index >= 15 is 0 Å². The van der Waals surface area contributed by atoms with Crippen LogP contribution in [0.3, 0.4) is 0 Å². The number of hydrogen-bond acceptors (Lipinski definition) is 2. The average molecular weight is 226 g/mol. The first-order valence-corrected chi connectivity index (χ1v) is 7.01. The minimum Gasteiger partial charge on any atom is -0.310 e. The normalized spacial score (nSPS) is 25.9. The monoisotopic (exact) mass is 226 g/mol. The van der Waals surface area contributed by atoms with Crippen LogP contribution in [-0.2, 0) is 0 Å². The third-order valence-electron chi connectivity index (χ3n) is 3.72. The summed E-state index contributed by atoms with van der Waals surface area (Å²) in [7, 11) is 2.28. The quantitative estimate of drug-likeness (QED) is 0.718. The van der Waals surface area contributed by atoms with Gasteiger partial charge in [0, 0.05) is 12.1 Å². The lowest BCUT2D eigenvalue weighted by molar-refractivity contribution is 0.206. The summed E-state index contributed by atoms with van der Waals surface area (Å²) in [4.78, 5) is 2.52. The molecule has 1 heterocycles. The van der Waals surface area contributed by atoms with Gasteiger partial charge in [-0.2, -0.15) is 0 Å². The highest BCUT2D eigenvalue weighted by Gasteiger charge is 2.33. The van der Waals surface area contributed by atoms with E-state index in [4.69, 9.17) is 0 Å². The maximum atomic E-state index is 3.75. The van der Waals surface area contributed by atoms with Crippen LogP contribution in [0.2, 0.25) is 0 Å². The van der Waals surface area contributed by atoms with Gasteiger partial charge >= 0.3 is 0 Å². The molecule has 1 rings (SSSR count). The Bertz CT molecular complexity index is 183. The molecule has 0 spiro atoms. The molecule has 0 aromatic heterocycles. The minimum atomic E-state index is 0.431. The van der Waals surface area contributed by atoms with E-state index in [1.807, 2.05) is 0 Å². The smallest absolute Gasteiger partial charge is 0.0309 e. The molecule has 0 amide bonds. The summed E-state index contributed by atoms with van der Waals surface area (Å²) in [5, 5.41) is 3.75. The van der Waals surface area contributed by atoms with Gasteiger partial charge in [-0.25, -0.2) is 0 Å². The van der Waals surface area contributed by atoms with E-state index in [0.717, 1.165) is 5.92 Å². The summed E-state index contributed by atoms with van der Waals surface area (Å²) in [5.74, 6) is 0.820. The first kappa shape index (κ1) is 14.0. The van der Waals surface area contributed by atoms with Crippen molar-refractivity contribution in [2.75, 3.05) is 26.7 Å². The summed E-state index contributed by atoms with van der Waals surface area (Å²) >= 11 is 0. The van der Waals surface area contributed by atoms with E-state index in [9.17, 15) is 0 Å². The number of hydrogen-bond donors (Lipinski definition) is 1. The van der Waals surface area contributed by atoms with Crippen LogP contribution in [0.5, 0.6) is 0 Å². The number of likely N-dealkylation sites (N-methyl/N-ethyl adjacent to an activating group) is 1. The van der Waals surface area contributed by atoms with Crippen LogP contribution in [-0.4, -0.2) is 37.1 Å². The number of nitrogens with one attached hydrogen (secondary N) is 1. The lowest BCUT2D eigenvalue weighted by Crippen LogP contribution is -2.49. The van der Waals surface area contributed by atoms with Gasteiger partial charge in [0.15, 0.2) is 0 Å². The van der Waals surface area contributed by atoms with Gasteiger partial charge < -0.3 is 10.2 Å². The molecule has 1 aliphatic heterocycles. The lowest BCUT2D eigenvalue weighted by Gasteiger charge is -2.34. The third kappa shape index (κ3) is 4.42. The Morgan fingerprint density at radius 2 is 2.12 bits per heavy atom. The summed E-state index contributed by atoms with van der Waals surface area (Å²) in [6, 6.07) is 0. The van der Waals surface area contributed by atoms with E-state index < -0.39 is 0 Å². The van der Waals surface area contributed by atoms with Crippen LogP contribution in [0.25, 0.3) is 0 Å². The molecular weight excluding hydrogens is 196 g/mol. The van der Waals surface area contributed by atoms with Crippen LogP contribution in [0.4, 0.5) is 0 Å².